The number of fused-ring (bicyclic) bond motifs is 3. The number of aromatic nitrogens is 3. The highest BCUT2D eigenvalue weighted by molar-refractivity contribution is 7.89. The molecule has 1 unspecified atom stereocenters. The average molecular weight is 374 g/mol. The lowest BCUT2D eigenvalue weighted by Gasteiger charge is -2.25. The Bertz CT molecular complexity index is 1030. The Morgan fingerprint density at radius 3 is 2.88 bits per heavy atom. The minimum Gasteiger partial charge on any atom is -0.497 e. The van der Waals surface area contributed by atoms with Crippen LogP contribution in [-0.2, 0) is 21.4 Å². The summed E-state index contributed by atoms with van der Waals surface area (Å²) in [7, 11) is -2.11. The second kappa shape index (κ2) is 6.67. The van der Waals surface area contributed by atoms with E-state index in [1.807, 2.05) is 16.7 Å². The normalized spacial score (nSPS) is 17.2. The van der Waals surface area contributed by atoms with Crippen molar-refractivity contribution in [2.75, 3.05) is 20.3 Å². The van der Waals surface area contributed by atoms with Crippen LogP contribution in [0.15, 0.2) is 47.5 Å². The highest BCUT2D eigenvalue weighted by Gasteiger charge is 2.26. The summed E-state index contributed by atoms with van der Waals surface area (Å²) in [5.41, 5.74) is 1.51. The number of benzene rings is 1. The van der Waals surface area contributed by atoms with Gasteiger partial charge in [-0.25, -0.2) is 23.1 Å². The van der Waals surface area contributed by atoms with Gasteiger partial charge in [0.05, 0.1) is 24.7 Å². The van der Waals surface area contributed by atoms with E-state index < -0.39 is 10.0 Å². The molecule has 9 heteroatoms. The van der Waals surface area contributed by atoms with E-state index in [-0.39, 0.29) is 17.5 Å². The molecule has 1 N–H and O–H groups in total. The summed E-state index contributed by atoms with van der Waals surface area (Å²) in [6.45, 7) is 0.960. The van der Waals surface area contributed by atoms with Gasteiger partial charge in [-0.05, 0) is 36.4 Å². The predicted octanol–water partition coefficient (Wildman–Crippen LogP) is 1.49. The number of sulfonamides is 1. The van der Waals surface area contributed by atoms with Crippen LogP contribution in [0.5, 0.6) is 5.75 Å². The number of hydrogen-bond donors (Lipinski definition) is 1. The molecule has 0 spiro atoms. The quantitative estimate of drug-likeness (QED) is 0.727. The van der Waals surface area contributed by atoms with E-state index in [1.165, 1.54) is 19.2 Å². The lowest BCUT2D eigenvalue weighted by molar-refractivity contribution is 0.0578. The second-order valence-corrected chi connectivity index (χ2v) is 7.71. The topological polar surface area (TPSA) is 95.3 Å². The fourth-order valence-electron chi connectivity index (χ4n) is 3.02. The van der Waals surface area contributed by atoms with Crippen LogP contribution in [0.1, 0.15) is 11.9 Å². The van der Waals surface area contributed by atoms with Crippen molar-refractivity contribution in [3.05, 3.63) is 48.4 Å². The second-order valence-electron chi connectivity index (χ2n) is 5.94. The molecule has 0 saturated heterocycles. The molecule has 0 radical (unpaired) electrons. The van der Waals surface area contributed by atoms with Gasteiger partial charge in [-0.15, -0.1) is 0 Å². The van der Waals surface area contributed by atoms with Gasteiger partial charge in [0.1, 0.15) is 23.7 Å². The van der Waals surface area contributed by atoms with Crippen LogP contribution < -0.4 is 9.46 Å². The Morgan fingerprint density at radius 2 is 2.12 bits per heavy atom. The molecule has 3 heterocycles. The number of nitrogens with zero attached hydrogens (tertiary/aromatic N) is 3. The molecule has 0 bridgehead atoms. The monoisotopic (exact) mass is 374 g/mol. The van der Waals surface area contributed by atoms with Crippen molar-refractivity contribution in [2.24, 2.45) is 0 Å². The third-order valence-electron chi connectivity index (χ3n) is 4.31. The number of imidazole rings is 1. The van der Waals surface area contributed by atoms with E-state index in [0.29, 0.717) is 19.0 Å². The van der Waals surface area contributed by atoms with Gasteiger partial charge >= 0.3 is 0 Å². The SMILES string of the molecule is COc1ccc(S(=O)(=O)NCC2COCc3nc4cccnc4n32)cc1. The van der Waals surface area contributed by atoms with E-state index in [0.717, 1.165) is 17.0 Å². The smallest absolute Gasteiger partial charge is 0.240 e. The summed E-state index contributed by atoms with van der Waals surface area (Å²) in [5, 5.41) is 0. The van der Waals surface area contributed by atoms with E-state index in [2.05, 4.69) is 14.7 Å². The largest absolute Gasteiger partial charge is 0.497 e. The molecule has 1 aliphatic rings. The van der Waals surface area contributed by atoms with Crippen LogP contribution in [0.3, 0.4) is 0 Å². The fourth-order valence-corrected chi connectivity index (χ4v) is 4.09. The molecule has 4 rings (SSSR count). The molecule has 1 aromatic carbocycles. The first-order valence-electron chi connectivity index (χ1n) is 8.12. The van der Waals surface area contributed by atoms with Gasteiger partial charge in [-0.2, -0.15) is 0 Å². The number of pyridine rings is 1. The Labute approximate surface area is 150 Å². The van der Waals surface area contributed by atoms with Gasteiger partial charge in [0.15, 0.2) is 5.65 Å². The van der Waals surface area contributed by atoms with E-state index in [4.69, 9.17) is 9.47 Å². The van der Waals surface area contributed by atoms with Gasteiger partial charge in [-0.1, -0.05) is 0 Å². The highest BCUT2D eigenvalue weighted by Crippen LogP contribution is 2.24. The number of ether oxygens (including phenoxy) is 2. The van der Waals surface area contributed by atoms with Crippen LogP contribution in [-0.4, -0.2) is 43.2 Å². The number of nitrogens with one attached hydrogen (secondary N) is 1. The fraction of sp³-hybridized carbons (Fsp3) is 0.294. The lowest BCUT2D eigenvalue weighted by atomic mass is 10.3. The highest BCUT2D eigenvalue weighted by atomic mass is 32.2. The first kappa shape index (κ1) is 17.0. The minimum atomic E-state index is -3.64. The predicted molar refractivity (Wildman–Crippen MR) is 94.4 cm³/mol. The van der Waals surface area contributed by atoms with Gasteiger partial charge in [-0.3, -0.25) is 0 Å². The summed E-state index contributed by atoms with van der Waals surface area (Å²) >= 11 is 0. The standard InChI is InChI=1S/C17H18N4O4S/c1-24-13-4-6-14(7-5-13)26(22,23)19-9-12-10-25-11-16-20-15-3-2-8-18-17(15)21(12)16/h2-8,12,19H,9-11H2,1H3. The molecular weight excluding hydrogens is 356 g/mol. The molecule has 3 aromatic rings. The molecule has 0 fully saturated rings. The van der Waals surface area contributed by atoms with Crippen molar-refractivity contribution in [3.8, 4) is 5.75 Å². The molecule has 1 atom stereocenters. The zero-order valence-corrected chi connectivity index (χ0v) is 14.9. The Hall–Kier alpha value is -2.49. The Balaban J connectivity index is 1.57. The summed E-state index contributed by atoms with van der Waals surface area (Å²) in [4.78, 5) is 9.07. The summed E-state index contributed by atoms with van der Waals surface area (Å²) in [6.07, 6.45) is 1.70. The maximum absolute atomic E-state index is 12.6. The average Bonchev–Trinajstić information content (AvgIpc) is 3.05. The van der Waals surface area contributed by atoms with Crippen molar-refractivity contribution < 1.29 is 17.9 Å². The van der Waals surface area contributed by atoms with E-state index in [9.17, 15) is 8.42 Å². The third kappa shape index (κ3) is 3.05. The Kier molecular flexibility index (Phi) is 4.35. The van der Waals surface area contributed by atoms with Gasteiger partial charge < -0.3 is 14.0 Å². The first-order valence-corrected chi connectivity index (χ1v) is 9.60. The summed E-state index contributed by atoms with van der Waals surface area (Å²) in [6, 6.07) is 9.74. The zero-order valence-electron chi connectivity index (χ0n) is 14.1. The molecule has 0 aliphatic carbocycles. The van der Waals surface area contributed by atoms with Crippen molar-refractivity contribution >= 4 is 21.2 Å². The van der Waals surface area contributed by atoms with Gasteiger partial charge in [0.25, 0.3) is 0 Å². The molecule has 136 valence electrons. The summed E-state index contributed by atoms with van der Waals surface area (Å²) in [5.74, 6) is 1.35. The zero-order chi connectivity index (χ0) is 18.1. The first-order chi connectivity index (χ1) is 12.6. The molecule has 0 saturated carbocycles. The van der Waals surface area contributed by atoms with Crippen LogP contribution in [0.4, 0.5) is 0 Å². The molecule has 0 amide bonds. The van der Waals surface area contributed by atoms with Gasteiger partial charge in [0, 0.05) is 12.7 Å². The number of rotatable bonds is 5. The maximum Gasteiger partial charge on any atom is 0.240 e. The van der Waals surface area contributed by atoms with Crippen molar-refractivity contribution in [3.63, 3.8) is 0 Å². The third-order valence-corrected chi connectivity index (χ3v) is 5.75. The summed E-state index contributed by atoms with van der Waals surface area (Å²) < 4.78 is 40.4. The van der Waals surface area contributed by atoms with Crippen molar-refractivity contribution in [2.45, 2.75) is 17.5 Å². The van der Waals surface area contributed by atoms with Crippen molar-refractivity contribution in [1.29, 1.82) is 0 Å². The van der Waals surface area contributed by atoms with Crippen molar-refractivity contribution in [1.82, 2.24) is 19.3 Å². The van der Waals surface area contributed by atoms with Crippen LogP contribution in [0, 0.1) is 0 Å². The molecule has 26 heavy (non-hydrogen) atoms. The van der Waals surface area contributed by atoms with Crippen LogP contribution >= 0.6 is 0 Å². The number of hydrogen-bond acceptors (Lipinski definition) is 6. The minimum absolute atomic E-state index is 0.184. The maximum atomic E-state index is 12.6. The molecular formula is C17H18N4O4S. The molecule has 1 aliphatic heterocycles. The molecule has 2 aromatic heterocycles. The number of methoxy groups -OCH3 is 1. The van der Waals surface area contributed by atoms with Gasteiger partial charge in [0.2, 0.25) is 10.0 Å². The van der Waals surface area contributed by atoms with Crippen LogP contribution in [0.2, 0.25) is 0 Å². The Morgan fingerprint density at radius 1 is 1.31 bits per heavy atom. The van der Waals surface area contributed by atoms with E-state index in [1.54, 1.807) is 18.3 Å². The lowest BCUT2D eigenvalue weighted by Crippen LogP contribution is -2.35. The van der Waals surface area contributed by atoms with E-state index >= 15 is 0 Å². The van der Waals surface area contributed by atoms with Crippen LogP contribution in [0.25, 0.3) is 11.2 Å². The molecule has 8 nitrogen and oxygen atoms in total.